The summed E-state index contributed by atoms with van der Waals surface area (Å²) in [5.74, 6) is -0.346. The monoisotopic (exact) mass is 278 g/mol. The highest BCUT2D eigenvalue weighted by Gasteiger charge is 2.30. The van der Waals surface area contributed by atoms with E-state index >= 15 is 0 Å². The van der Waals surface area contributed by atoms with Gasteiger partial charge in [-0.2, -0.15) is 5.10 Å². The summed E-state index contributed by atoms with van der Waals surface area (Å²) in [7, 11) is 1.85. The Labute approximate surface area is 116 Å². The van der Waals surface area contributed by atoms with E-state index in [4.69, 9.17) is 0 Å². The van der Waals surface area contributed by atoms with Crippen molar-refractivity contribution in [2.75, 3.05) is 0 Å². The molecule has 0 bridgehead atoms. The van der Waals surface area contributed by atoms with E-state index in [1.165, 1.54) is 4.68 Å². The summed E-state index contributed by atoms with van der Waals surface area (Å²) in [5, 5.41) is 25.1. The first kappa shape index (κ1) is 14.2. The van der Waals surface area contributed by atoms with Gasteiger partial charge < -0.3 is 5.11 Å². The van der Waals surface area contributed by atoms with Crippen LogP contribution in [0.15, 0.2) is 0 Å². The number of aryl methyl sites for hydroxylation is 2. The van der Waals surface area contributed by atoms with Gasteiger partial charge in [0.2, 0.25) is 0 Å². The minimum Gasteiger partial charge on any atom is -0.481 e. The van der Waals surface area contributed by atoms with Crippen LogP contribution < -0.4 is 0 Å². The first-order valence-corrected chi connectivity index (χ1v) is 6.24. The number of rotatable bonds is 4. The normalized spacial score (nSPS) is 11.8. The number of aromatic nitrogens is 6. The Morgan fingerprint density at radius 1 is 1.35 bits per heavy atom. The number of carbonyl (C=O) groups is 1. The zero-order valence-corrected chi connectivity index (χ0v) is 12.2. The maximum atomic E-state index is 11.2. The van der Waals surface area contributed by atoms with Crippen LogP contribution in [0.2, 0.25) is 0 Å². The van der Waals surface area contributed by atoms with Crippen molar-refractivity contribution in [1.29, 1.82) is 0 Å². The summed E-state index contributed by atoms with van der Waals surface area (Å²) in [6, 6.07) is 0. The van der Waals surface area contributed by atoms with Gasteiger partial charge in [0.25, 0.3) is 0 Å². The molecule has 0 radical (unpaired) electrons. The van der Waals surface area contributed by atoms with Crippen molar-refractivity contribution in [3.63, 3.8) is 0 Å². The summed E-state index contributed by atoms with van der Waals surface area (Å²) in [6.45, 7) is 7.28. The van der Waals surface area contributed by atoms with Crippen molar-refractivity contribution in [2.24, 2.45) is 12.5 Å². The number of carboxylic acid groups (broad SMARTS) is 1. The molecular formula is C12H18N6O2. The third-order valence-electron chi connectivity index (χ3n) is 3.39. The minimum atomic E-state index is -0.950. The van der Waals surface area contributed by atoms with Crippen LogP contribution >= 0.6 is 0 Å². The van der Waals surface area contributed by atoms with E-state index < -0.39 is 11.4 Å². The molecule has 2 aromatic rings. The van der Waals surface area contributed by atoms with Gasteiger partial charge in [-0.1, -0.05) is 0 Å². The van der Waals surface area contributed by atoms with Crippen LogP contribution in [0.3, 0.4) is 0 Å². The number of hydrogen-bond acceptors (Lipinski definition) is 5. The molecule has 0 amide bonds. The maximum absolute atomic E-state index is 11.2. The molecule has 8 heteroatoms. The molecule has 108 valence electrons. The molecule has 0 unspecified atom stereocenters. The zero-order chi connectivity index (χ0) is 15.1. The van der Waals surface area contributed by atoms with Crippen molar-refractivity contribution in [3.8, 4) is 11.4 Å². The summed E-state index contributed by atoms with van der Waals surface area (Å²) in [6.07, 6.45) is 0. The second-order valence-corrected chi connectivity index (χ2v) is 5.52. The second-order valence-electron chi connectivity index (χ2n) is 5.52. The van der Waals surface area contributed by atoms with E-state index in [1.807, 2.05) is 20.9 Å². The Kier molecular flexibility index (Phi) is 3.33. The molecule has 0 saturated heterocycles. The van der Waals surface area contributed by atoms with Gasteiger partial charge in [0, 0.05) is 12.7 Å². The molecule has 0 aliphatic rings. The summed E-state index contributed by atoms with van der Waals surface area (Å²) >= 11 is 0. The van der Waals surface area contributed by atoms with Crippen LogP contribution in [-0.2, 0) is 18.4 Å². The van der Waals surface area contributed by atoms with Gasteiger partial charge in [-0.05, 0) is 38.1 Å². The molecule has 20 heavy (non-hydrogen) atoms. The summed E-state index contributed by atoms with van der Waals surface area (Å²) < 4.78 is 3.27. The van der Waals surface area contributed by atoms with E-state index in [-0.39, 0.29) is 6.54 Å². The lowest BCUT2D eigenvalue weighted by Crippen LogP contribution is -2.30. The molecule has 0 saturated carbocycles. The van der Waals surface area contributed by atoms with Gasteiger partial charge in [-0.25, -0.2) is 4.68 Å². The van der Waals surface area contributed by atoms with Crippen LogP contribution in [0, 0.1) is 19.3 Å². The van der Waals surface area contributed by atoms with Crippen molar-refractivity contribution >= 4 is 5.97 Å². The average Bonchev–Trinajstić information content (AvgIpc) is 2.85. The third kappa shape index (κ3) is 2.28. The minimum absolute atomic E-state index is 0.193. The van der Waals surface area contributed by atoms with E-state index in [0.717, 1.165) is 17.0 Å². The Morgan fingerprint density at radius 3 is 2.50 bits per heavy atom. The number of hydrogen-bond donors (Lipinski definition) is 1. The predicted molar refractivity (Wildman–Crippen MR) is 70.9 cm³/mol. The van der Waals surface area contributed by atoms with Crippen molar-refractivity contribution in [1.82, 2.24) is 30.0 Å². The van der Waals surface area contributed by atoms with Gasteiger partial charge in [-0.15, -0.1) is 5.10 Å². The fraction of sp³-hybridized carbons (Fsp3) is 0.583. The number of tetrazole rings is 1. The predicted octanol–water partition coefficient (Wildman–Crippen LogP) is 0.801. The van der Waals surface area contributed by atoms with E-state index in [0.29, 0.717) is 5.82 Å². The fourth-order valence-corrected chi connectivity index (χ4v) is 2.03. The lowest BCUT2D eigenvalue weighted by molar-refractivity contribution is -0.147. The fourth-order valence-electron chi connectivity index (χ4n) is 2.03. The number of carboxylic acids is 1. The van der Waals surface area contributed by atoms with Crippen LogP contribution in [0.5, 0.6) is 0 Å². The van der Waals surface area contributed by atoms with E-state index in [1.54, 1.807) is 18.5 Å². The van der Waals surface area contributed by atoms with Crippen molar-refractivity contribution in [2.45, 2.75) is 34.2 Å². The number of aliphatic carboxylic acids is 1. The lowest BCUT2D eigenvalue weighted by Gasteiger charge is -2.19. The molecule has 0 atom stereocenters. The Morgan fingerprint density at radius 2 is 2.00 bits per heavy atom. The van der Waals surface area contributed by atoms with Gasteiger partial charge >= 0.3 is 5.97 Å². The Balaban J connectivity index is 2.46. The van der Waals surface area contributed by atoms with Gasteiger partial charge in [0.15, 0.2) is 5.82 Å². The molecule has 0 aliphatic heterocycles. The molecule has 2 rings (SSSR count). The van der Waals surface area contributed by atoms with E-state index in [9.17, 15) is 9.90 Å². The van der Waals surface area contributed by atoms with Crippen LogP contribution in [0.4, 0.5) is 0 Å². The molecule has 1 N–H and O–H groups in total. The van der Waals surface area contributed by atoms with Crippen molar-refractivity contribution in [3.05, 3.63) is 11.4 Å². The standard InChI is InChI=1S/C12H18N6O2/c1-7-9(8(2)17(5)14-7)10-13-15-16-18(10)6-12(3,4)11(19)20/h6H2,1-5H3,(H,19,20). The maximum Gasteiger partial charge on any atom is 0.310 e. The third-order valence-corrected chi connectivity index (χ3v) is 3.39. The molecule has 0 spiro atoms. The van der Waals surface area contributed by atoms with Gasteiger partial charge in [-0.3, -0.25) is 9.48 Å². The topological polar surface area (TPSA) is 98.7 Å². The van der Waals surface area contributed by atoms with Crippen LogP contribution in [0.25, 0.3) is 11.4 Å². The first-order valence-electron chi connectivity index (χ1n) is 6.24. The lowest BCUT2D eigenvalue weighted by atomic mass is 9.94. The number of nitrogens with zero attached hydrogens (tertiary/aromatic N) is 6. The molecule has 8 nitrogen and oxygen atoms in total. The van der Waals surface area contributed by atoms with Gasteiger partial charge in [0.1, 0.15) is 0 Å². The van der Waals surface area contributed by atoms with Gasteiger partial charge in [0.05, 0.1) is 23.2 Å². The summed E-state index contributed by atoms with van der Waals surface area (Å²) in [5.41, 5.74) is 1.65. The molecule has 2 heterocycles. The second kappa shape index (κ2) is 4.69. The molecular weight excluding hydrogens is 260 g/mol. The Hall–Kier alpha value is -2.25. The molecule has 0 aromatic carbocycles. The van der Waals surface area contributed by atoms with Crippen LogP contribution in [-0.4, -0.2) is 41.1 Å². The van der Waals surface area contributed by atoms with Crippen LogP contribution in [0.1, 0.15) is 25.2 Å². The molecule has 0 fully saturated rings. The summed E-state index contributed by atoms with van der Waals surface area (Å²) in [4.78, 5) is 11.2. The molecule has 0 aliphatic carbocycles. The Bertz CT molecular complexity index is 655. The molecule has 2 aromatic heterocycles. The van der Waals surface area contributed by atoms with Crippen molar-refractivity contribution < 1.29 is 9.90 Å². The zero-order valence-electron chi connectivity index (χ0n) is 12.2. The van der Waals surface area contributed by atoms with E-state index in [2.05, 4.69) is 20.6 Å². The SMILES string of the molecule is Cc1nn(C)c(C)c1-c1nnnn1CC(C)(C)C(=O)O. The largest absolute Gasteiger partial charge is 0.481 e. The highest BCUT2D eigenvalue weighted by molar-refractivity contribution is 5.73. The smallest absolute Gasteiger partial charge is 0.310 e. The first-order chi connectivity index (χ1) is 9.24. The highest BCUT2D eigenvalue weighted by atomic mass is 16.4. The average molecular weight is 278 g/mol. The quantitative estimate of drug-likeness (QED) is 0.888. The highest BCUT2D eigenvalue weighted by Crippen LogP contribution is 2.26.